The number of alkyl halides is 3. The highest BCUT2D eigenvalue weighted by molar-refractivity contribution is 5.78. The number of benzene rings is 1. The van der Waals surface area contributed by atoms with E-state index < -0.39 is 11.7 Å². The Kier molecular flexibility index (Phi) is 6.27. The summed E-state index contributed by atoms with van der Waals surface area (Å²) in [6.07, 6.45) is 0.277. The molecule has 3 aromatic rings. The van der Waals surface area contributed by atoms with E-state index in [9.17, 15) is 18.0 Å². The third kappa shape index (κ3) is 5.34. The minimum Gasteiger partial charge on any atom is -0.441 e. The van der Waals surface area contributed by atoms with Gasteiger partial charge in [-0.25, -0.2) is 4.98 Å². The highest BCUT2D eigenvalue weighted by atomic mass is 19.4. The Morgan fingerprint density at radius 2 is 1.97 bits per heavy atom. The summed E-state index contributed by atoms with van der Waals surface area (Å²) in [4.78, 5) is 22.3. The fraction of sp³-hybridized carbons (Fsp3) is 0.348. The number of carbonyl (C=O) groups is 1. The van der Waals surface area contributed by atoms with E-state index in [1.54, 1.807) is 25.4 Å². The number of pyridine rings is 1. The lowest BCUT2D eigenvalue weighted by atomic mass is 10.1. The Bertz CT molecular complexity index is 1080. The first-order valence-electron chi connectivity index (χ1n) is 10.3. The Morgan fingerprint density at radius 3 is 2.66 bits per heavy atom. The Morgan fingerprint density at radius 1 is 1.19 bits per heavy atom. The molecule has 0 spiro atoms. The number of hydrogen-bond acceptors (Lipinski definition) is 5. The molecule has 1 amide bonds. The van der Waals surface area contributed by atoms with Crippen LogP contribution in [0, 0.1) is 6.92 Å². The zero-order valence-corrected chi connectivity index (χ0v) is 17.5. The molecule has 9 heteroatoms. The van der Waals surface area contributed by atoms with Gasteiger partial charge in [0.1, 0.15) is 5.76 Å². The van der Waals surface area contributed by atoms with Crippen molar-refractivity contribution >= 4 is 5.91 Å². The van der Waals surface area contributed by atoms with E-state index in [1.807, 2.05) is 12.1 Å². The average molecular weight is 444 g/mol. The molecule has 1 aromatic carbocycles. The van der Waals surface area contributed by atoms with Gasteiger partial charge in [-0.3, -0.25) is 14.7 Å². The number of carbonyl (C=O) groups excluding carboxylic acids is 1. The van der Waals surface area contributed by atoms with Crippen LogP contribution < -0.4 is 5.32 Å². The highest BCUT2D eigenvalue weighted by Gasteiger charge is 2.31. The molecule has 2 aromatic heterocycles. The third-order valence-corrected chi connectivity index (χ3v) is 5.42. The van der Waals surface area contributed by atoms with Crippen molar-refractivity contribution in [2.75, 3.05) is 6.54 Å². The number of aromatic nitrogens is 2. The van der Waals surface area contributed by atoms with E-state index in [1.165, 1.54) is 6.07 Å². The van der Waals surface area contributed by atoms with Gasteiger partial charge in [0.15, 0.2) is 0 Å². The van der Waals surface area contributed by atoms with Crippen molar-refractivity contribution in [2.45, 2.75) is 45.1 Å². The number of nitrogens with one attached hydrogen (secondary N) is 1. The van der Waals surface area contributed by atoms with Gasteiger partial charge in [0.2, 0.25) is 11.8 Å². The highest BCUT2D eigenvalue weighted by Crippen LogP contribution is 2.32. The van der Waals surface area contributed by atoms with Crippen LogP contribution in [0.5, 0.6) is 0 Å². The molecule has 0 radical (unpaired) electrons. The lowest BCUT2D eigenvalue weighted by Crippen LogP contribution is -2.38. The van der Waals surface area contributed by atoms with E-state index in [2.05, 4.69) is 20.2 Å². The van der Waals surface area contributed by atoms with Crippen LogP contribution in [-0.2, 0) is 24.1 Å². The number of rotatable bonds is 7. The summed E-state index contributed by atoms with van der Waals surface area (Å²) in [5.74, 6) is 0.748. The molecule has 1 saturated heterocycles. The number of amides is 1. The predicted octanol–water partition coefficient (Wildman–Crippen LogP) is 4.34. The Hall–Kier alpha value is -3.20. The summed E-state index contributed by atoms with van der Waals surface area (Å²) in [6, 6.07) is 8.83. The lowest BCUT2D eigenvalue weighted by molar-refractivity contribution is -0.137. The molecule has 1 atom stereocenters. The van der Waals surface area contributed by atoms with Crippen LogP contribution in [0.4, 0.5) is 13.2 Å². The molecule has 168 valence electrons. The van der Waals surface area contributed by atoms with Crippen LogP contribution >= 0.6 is 0 Å². The van der Waals surface area contributed by atoms with Gasteiger partial charge in [-0.2, -0.15) is 13.2 Å². The molecule has 1 aliphatic heterocycles. The quantitative estimate of drug-likeness (QED) is 0.587. The summed E-state index contributed by atoms with van der Waals surface area (Å²) in [7, 11) is 0. The number of halogens is 3. The number of aryl methyl sites for hydroxylation is 1. The van der Waals surface area contributed by atoms with Crippen molar-refractivity contribution in [2.24, 2.45) is 0 Å². The fourth-order valence-corrected chi connectivity index (χ4v) is 3.80. The zero-order chi connectivity index (χ0) is 22.7. The molecule has 0 saturated carbocycles. The second-order valence-electron chi connectivity index (χ2n) is 7.93. The molecule has 3 heterocycles. The molecule has 1 aliphatic rings. The molecule has 0 aliphatic carbocycles. The lowest BCUT2D eigenvalue weighted by Gasteiger charge is -2.25. The second-order valence-corrected chi connectivity index (χ2v) is 7.93. The van der Waals surface area contributed by atoms with Crippen molar-refractivity contribution in [3.05, 3.63) is 71.4 Å². The van der Waals surface area contributed by atoms with Crippen molar-refractivity contribution in [3.8, 4) is 11.5 Å². The first-order valence-corrected chi connectivity index (χ1v) is 10.3. The van der Waals surface area contributed by atoms with Crippen LogP contribution in [0.1, 0.15) is 35.4 Å². The topological polar surface area (TPSA) is 71.3 Å². The maximum atomic E-state index is 13.1. The second kappa shape index (κ2) is 9.12. The van der Waals surface area contributed by atoms with Crippen LogP contribution in [0.2, 0.25) is 0 Å². The van der Waals surface area contributed by atoms with Crippen LogP contribution in [0.15, 0.2) is 53.2 Å². The molecule has 1 N–H and O–H groups in total. The van der Waals surface area contributed by atoms with Crippen molar-refractivity contribution in [1.29, 1.82) is 0 Å². The number of hydrogen-bond donors (Lipinski definition) is 1. The van der Waals surface area contributed by atoms with Gasteiger partial charge in [0, 0.05) is 50.1 Å². The number of nitrogens with zero attached hydrogens (tertiary/aromatic N) is 3. The SMILES string of the molecule is Cc1oc(-c2cccc(C(F)(F)F)c2)nc1CN(Cc1ccncc1)C[C@@H]1CCC(=O)N1. The molecular weight excluding hydrogens is 421 g/mol. The third-order valence-electron chi connectivity index (χ3n) is 5.42. The fourth-order valence-electron chi connectivity index (χ4n) is 3.80. The monoisotopic (exact) mass is 444 g/mol. The summed E-state index contributed by atoms with van der Waals surface area (Å²) in [5.41, 5.74) is 1.24. The summed E-state index contributed by atoms with van der Waals surface area (Å²) in [5, 5.41) is 2.98. The number of oxazole rings is 1. The first-order chi connectivity index (χ1) is 15.3. The van der Waals surface area contributed by atoms with Crippen LogP contribution in [-0.4, -0.2) is 33.4 Å². The van der Waals surface area contributed by atoms with E-state index >= 15 is 0 Å². The smallest absolute Gasteiger partial charge is 0.416 e. The molecule has 32 heavy (non-hydrogen) atoms. The average Bonchev–Trinajstić information content (AvgIpc) is 3.33. The Balaban J connectivity index is 1.55. The largest absolute Gasteiger partial charge is 0.441 e. The van der Waals surface area contributed by atoms with Gasteiger partial charge >= 0.3 is 6.18 Å². The van der Waals surface area contributed by atoms with E-state index in [-0.39, 0.29) is 23.4 Å². The normalized spacial score (nSPS) is 16.5. The summed E-state index contributed by atoms with van der Waals surface area (Å²) in [6.45, 7) is 3.42. The van der Waals surface area contributed by atoms with Gasteiger partial charge in [0.25, 0.3) is 0 Å². The van der Waals surface area contributed by atoms with Gasteiger partial charge in [-0.05, 0) is 49.2 Å². The molecular formula is C23H23F3N4O2. The van der Waals surface area contributed by atoms with Gasteiger partial charge < -0.3 is 9.73 Å². The molecule has 6 nitrogen and oxygen atoms in total. The predicted molar refractivity (Wildman–Crippen MR) is 111 cm³/mol. The van der Waals surface area contributed by atoms with Crippen molar-refractivity contribution in [1.82, 2.24) is 20.2 Å². The molecule has 0 unspecified atom stereocenters. The molecule has 1 fully saturated rings. The maximum Gasteiger partial charge on any atom is 0.416 e. The van der Waals surface area contributed by atoms with E-state index in [0.29, 0.717) is 37.5 Å². The minimum absolute atomic E-state index is 0.0412. The van der Waals surface area contributed by atoms with E-state index in [0.717, 1.165) is 24.1 Å². The van der Waals surface area contributed by atoms with Gasteiger partial charge in [-0.1, -0.05) is 6.07 Å². The van der Waals surface area contributed by atoms with Crippen LogP contribution in [0.25, 0.3) is 11.5 Å². The maximum absolute atomic E-state index is 13.1. The van der Waals surface area contributed by atoms with Crippen LogP contribution in [0.3, 0.4) is 0 Å². The first kappa shape index (κ1) is 22.0. The van der Waals surface area contributed by atoms with E-state index in [4.69, 9.17) is 4.42 Å². The Labute approximate surface area is 183 Å². The molecule has 4 rings (SSSR count). The molecule has 0 bridgehead atoms. The minimum atomic E-state index is -4.44. The van der Waals surface area contributed by atoms with Crippen molar-refractivity contribution in [3.63, 3.8) is 0 Å². The standard InChI is InChI=1S/C23H23F3N4O2/c1-15-20(29-22(32-15)17-3-2-4-18(11-17)23(24,25)26)14-30(12-16-7-9-27-10-8-16)13-19-5-6-21(31)28-19/h2-4,7-11,19H,5-6,12-14H2,1H3,(H,28,31)/t19-/m0/s1. The van der Waals surface area contributed by atoms with Gasteiger partial charge in [0.05, 0.1) is 11.3 Å². The summed E-state index contributed by atoms with van der Waals surface area (Å²) < 4.78 is 45.0. The van der Waals surface area contributed by atoms with Crippen molar-refractivity contribution < 1.29 is 22.4 Å². The zero-order valence-electron chi connectivity index (χ0n) is 17.5. The summed E-state index contributed by atoms with van der Waals surface area (Å²) >= 11 is 0. The van der Waals surface area contributed by atoms with Gasteiger partial charge in [-0.15, -0.1) is 0 Å².